The van der Waals surface area contributed by atoms with Crippen LogP contribution in [0.4, 0.5) is 10.1 Å². The van der Waals surface area contributed by atoms with Crippen LogP contribution >= 0.6 is 11.6 Å². The smallest absolute Gasteiger partial charge is 0.260 e. The first-order chi connectivity index (χ1) is 12.8. The second kappa shape index (κ2) is 6.93. The summed E-state index contributed by atoms with van der Waals surface area (Å²) in [5, 5.41) is 0.153. The number of carbonyl (C=O) groups excluding carboxylic acids is 2. The van der Waals surface area contributed by atoms with Crippen LogP contribution < -0.4 is 9.64 Å². The maximum absolute atomic E-state index is 14.7. The third-order valence-electron chi connectivity index (χ3n) is 6.03. The summed E-state index contributed by atoms with van der Waals surface area (Å²) >= 11 is 6.18. The van der Waals surface area contributed by atoms with Crippen LogP contribution in [0.25, 0.3) is 0 Å². The Balaban J connectivity index is 1.69. The fraction of sp³-hybridized carbons (Fsp3) is 0.524. The molecule has 0 spiro atoms. The number of hydrogen-bond acceptors (Lipinski definition) is 3. The van der Waals surface area contributed by atoms with Crippen molar-refractivity contribution in [3.8, 4) is 5.75 Å². The molecule has 1 saturated carbocycles. The standard InChI is InChI=1S/C21H23ClFNO3/c1-11-3-6-14(7-11)27-19-10-18(17(23)9-16(19)22)24-20(25)13-5-4-12(2)15(8-13)21(24)26/h8-12,14-15H,3-7H2,1-2H3. The van der Waals surface area contributed by atoms with Gasteiger partial charge in [0.05, 0.1) is 22.7 Å². The SMILES string of the molecule is CC1CCC(Oc2cc(N3C(=O)C4=CC(C3=O)C(C)CC4)c(F)cc2Cl)C1. The van der Waals surface area contributed by atoms with Crippen LogP contribution in [0, 0.1) is 23.6 Å². The van der Waals surface area contributed by atoms with E-state index in [2.05, 4.69) is 6.92 Å². The number of halogens is 2. The molecule has 2 bridgehead atoms. The number of imide groups is 1. The first kappa shape index (κ1) is 18.5. The first-order valence-corrected chi connectivity index (χ1v) is 9.97. The number of fused-ring (bicyclic) bond motifs is 1. The average Bonchev–Trinajstić information content (AvgIpc) is 3.03. The molecule has 1 fully saturated rings. The van der Waals surface area contributed by atoms with Crippen LogP contribution in [0.1, 0.15) is 46.0 Å². The van der Waals surface area contributed by atoms with Gasteiger partial charge in [-0.2, -0.15) is 0 Å². The highest BCUT2D eigenvalue weighted by Crippen LogP contribution is 2.41. The molecule has 27 heavy (non-hydrogen) atoms. The molecule has 4 rings (SSSR count). The van der Waals surface area contributed by atoms with Gasteiger partial charge in [0.1, 0.15) is 11.6 Å². The number of amides is 2. The van der Waals surface area contributed by atoms with Crippen molar-refractivity contribution in [1.82, 2.24) is 0 Å². The summed E-state index contributed by atoms with van der Waals surface area (Å²) in [5.41, 5.74) is 0.513. The molecule has 1 heterocycles. The minimum absolute atomic E-state index is 0.0191. The van der Waals surface area contributed by atoms with E-state index in [0.29, 0.717) is 23.7 Å². The molecular weight excluding hydrogens is 369 g/mol. The van der Waals surface area contributed by atoms with Gasteiger partial charge in [0, 0.05) is 11.6 Å². The Kier molecular flexibility index (Phi) is 4.75. The Hall–Kier alpha value is -1.88. The van der Waals surface area contributed by atoms with Gasteiger partial charge in [0.15, 0.2) is 0 Å². The molecule has 3 aliphatic rings. The molecule has 0 N–H and O–H groups in total. The van der Waals surface area contributed by atoms with Crippen LogP contribution in [-0.4, -0.2) is 17.9 Å². The van der Waals surface area contributed by atoms with Gasteiger partial charge in [-0.15, -0.1) is 0 Å². The van der Waals surface area contributed by atoms with Crippen molar-refractivity contribution in [2.45, 2.75) is 52.1 Å². The predicted octanol–water partition coefficient (Wildman–Crippen LogP) is 4.89. The van der Waals surface area contributed by atoms with E-state index in [0.717, 1.165) is 36.6 Å². The van der Waals surface area contributed by atoms with Gasteiger partial charge < -0.3 is 4.74 Å². The fourth-order valence-corrected chi connectivity index (χ4v) is 4.56. The average molecular weight is 392 g/mol. The van der Waals surface area contributed by atoms with Crippen LogP contribution in [0.3, 0.4) is 0 Å². The largest absolute Gasteiger partial charge is 0.489 e. The summed E-state index contributed by atoms with van der Waals surface area (Å²) in [5.74, 6) is -0.869. The van der Waals surface area contributed by atoms with E-state index >= 15 is 0 Å². The Morgan fingerprint density at radius 1 is 1.19 bits per heavy atom. The molecule has 0 aromatic heterocycles. The number of rotatable bonds is 3. The molecule has 144 valence electrons. The monoisotopic (exact) mass is 391 g/mol. The molecule has 4 nitrogen and oxygen atoms in total. The summed E-state index contributed by atoms with van der Waals surface area (Å²) in [6.07, 6.45) is 6.08. The van der Waals surface area contributed by atoms with Gasteiger partial charge in [-0.05, 0) is 50.0 Å². The predicted molar refractivity (Wildman–Crippen MR) is 101 cm³/mol. The van der Waals surface area contributed by atoms with Crippen molar-refractivity contribution in [3.63, 3.8) is 0 Å². The first-order valence-electron chi connectivity index (χ1n) is 9.60. The summed E-state index contributed by atoms with van der Waals surface area (Å²) in [4.78, 5) is 26.7. The maximum Gasteiger partial charge on any atom is 0.260 e. The van der Waals surface area contributed by atoms with Gasteiger partial charge in [0.2, 0.25) is 5.91 Å². The molecule has 0 saturated heterocycles. The second-order valence-corrected chi connectivity index (χ2v) is 8.51. The number of hydrogen-bond donors (Lipinski definition) is 0. The number of ether oxygens (including phenoxy) is 1. The van der Waals surface area contributed by atoms with E-state index in [1.807, 2.05) is 6.92 Å². The maximum atomic E-state index is 14.7. The minimum atomic E-state index is -0.693. The Morgan fingerprint density at radius 2 is 1.96 bits per heavy atom. The molecule has 0 radical (unpaired) electrons. The Bertz CT molecular complexity index is 837. The van der Waals surface area contributed by atoms with E-state index < -0.39 is 11.7 Å². The van der Waals surface area contributed by atoms with E-state index in [-0.39, 0.29) is 34.6 Å². The van der Waals surface area contributed by atoms with Gasteiger partial charge >= 0.3 is 0 Å². The second-order valence-electron chi connectivity index (χ2n) is 8.10. The number of nitrogens with zero attached hydrogens (tertiary/aromatic N) is 1. The molecule has 6 heteroatoms. The van der Waals surface area contributed by atoms with Crippen molar-refractivity contribution in [1.29, 1.82) is 0 Å². The summed E-state index contributed by atoms with van der Waals surface area (Å²) in [6.45, 7) is 4.15. The van der Waals surface area contributed by atoms with E-state index in [1.54, 1.807) is 6.08 Å². The molecular formula is C21H23ClFNO3. The molecule has 2 aliphatic carbocycles. The summed E-state index contributed by atoms with van der Waals surface area (Å²) in [7, 11) is 0. The number of benzene rings is 1. The van der Waals surface area contributed by atoms with Gasteiger partial charge in [-0.1, -0.05) is 31.5 Å². The third-order valence-corrected chi connectivity index (χ3v) is 6.32. The molecule has 2 amide bonds. The van der Waals surface area contributed by atoms with Crippen molar-refractivity contribution in [3.05, 3.63) is 34.6 Å². The number of anilines is 1. The third kappa shape index (κ3) is 3.27. The minimum Gasteiger partial charge on any atom is -0.489 e. The highest BCUT2D eigenvalue weighted by molar-refractivity contribution is 6.32. The highest BCUT2D eigenvalue weighted by Gasteiger charge is 2.42. The molecule has 4 atom stereocenters. The van der Waals surface area contributed by atoms with Gasteiger partial charge in [0.25, 0.3) is 5.91 Å². The summed E-state index contributed by atoms with van der Waals surface area (Å²) in [6, 6.07) is 2.54. The topological polar surface area (TPSA) is 46.6 Å². The van der Waals surface area contributed by atoms with Crippen LogP contribution in [0.2, 0.25) is 5.02 Å². The van der Waals surface area contributed by atoms with E-state index in [4.69, 9.17) is 16.3 Å². The zero-order valence-corrected chi connectivity index (χ0v) is 16.3. The van der Waals surface area contributed by atoms with Crippen molar-refractivity contribution in [2.24, 2.45) is 17.8 Å². The van der Waals surface area contributed by atoms with Crippen LogP contribution in [0.5, 0.6) is 5.75 Å². The lowest BCUT2D eigenvalue weighted by atomic mass is 9.78. The van der Waals surface area contributed by atoms with E-state index in [9.17, 15) is 14.0 Å². The Labute approximate surface area is 163 Å². The molecule has 1 aromatic rings. The number of carbonyl (C=O) groups is 2. The summed E-state index contributed by atoms with van der Waals surface area (Å²) < 4.78 is 20.7. The zero-order chi connectivity index (χ0) is 19.3. The zero-order valence-electron chi connectivity index (χ0n) is 15.5. The van der Waals surface area contributed by atoms with Gasteiger partial charge in [-0.3, -0.25) is 9.59 Å². The van der Waals surface area contributed by atoms with E-state index in [1.165, 1.54) is 6.07 Å². The van der Waals surface area contributed by atoms with Crippen LogP contribution in [0.15, 0.2) is 23.8 Å². The van der Waals surface area contributed by atoms with Crippen LogP contribution in [-0.2, 0) is 9.59 Å². The van der Waals surface area contributed by atoms with Gasteiger partial charge in [-0.25, -0.2) is 9.29 Å². The fourth-order valence-electron chi connectivity index (χ4n) is 4.36. The lowest BCUT2D eigenvalue weighted by Crippen LogP contribution is -2.48. The lowest BCUT2D eigenvalue weighted by molar-refractivity contribution is -0.129. The molecule has 1 aromatic carbocycles. The highest BCUT2D eigenvalue weighted by atomic mass is 35.5. The molecule has 1 aliphatic heterocycles. The van der Waals surface area contributed by atoms with Crippen molar-refractivity contribution < 1.29 is 18.7 Å². The Morgan fingerprint density at radius 3 is 2.67 bits per heavy atom. The molecule has 4 unspecified atom stereocenters. The normalized spacial score (nSPS) is 30.5. The van der Waals surface area contributed by atoms with Crippen molar-refractivity contribution in [2.75, 3.05) is 4.90 Å². The van der Waals surface area contributed by atoms with Crippen molar-refractivity contribution >= 4 is 29.1 Å². The quantitative estimate of drug-likeness (QED) is 0.689. The lowest BCUT2D eigenvalue weighted by Gasteiger charge is -2.36.